The van der Waals surface area contributed by atoms with Crippen molar-refractivity contribution in [2.75, 3.05) is 7.11 Å². The van der Waals surface area contributed by atoms with E-state index in [-0.39, 0.29) is 0 Å². The van der Waals surface area contributed by atoms with Gasteiger partial charge in [-0.1, -0.05) is 11.3 Å². The number of aromatic nitrogens is 2. The van der Waals surface area contributed by atoms with Gasteiger partial charge in [0.05, 0.1) is 12.0 Å². The highest BCUT2D eigenvalue weighted by Crippen LogP contribution is 2.33. The highest BCUT2D eigenvalue weighted by atomic mass is 35.5. The van der Waals surface area contributed by atoms with Crippen molar-refractivity contribution in [3.8, 4) is 15.6 Å². The molecule has 0 aromatic carbocycles. The normalized spacial score (nSPS) is 10.3. The maximum atomic E-state index is 5.67. The average Bonchev–Trinajstić information content (AvgIpc) is 2.71. The van der Waals surface area contributed by atoms with Gasteiger partial charge in [-0.2, -0.15) is 0 Å². The lowest BCUT2D eigenvalue weighted by Crippen LogP contribution is -1.76. The second-order valence-corrected chi connectivity index (χ2v) is 4.68. The molecule has 0 saturated carbocycles. The van der Waals surface area contributed by atoms with Gasteiger partial charge >= 0.3 is 0 Å². The molecule has 0 atom stereocenters. The summed E-state index contributed by atoms with van der Waals surface area (Å²) in [7, 11) is 1.64. The number of thiophene rings is 1. The topological polar surface area (TPSA) is 35.0 Å². The molecule has 2 aromatic heterocycles. The Morgan fingerprint density at radius 1 is 1.46 bits per heavy atom. The van der Waals surface area contributed by atoms with Crippen LogP contribution < -0.4 is 4.74 Å². The molecule has 13 heavy (non-hydrogen) atoms. The fourth-order valence-electron chi connectivity index (χ4n) is 0.843. The van der Waals surface area contributed by atoms with Gasteiger partial charge in [0.15, 0.2) is 5.01 Å². The summed E-state index contributed by atoms with van der Waals surface area (Å²) in [5.74, 6) is 0.839. The number of hydrogen-bond donors (Lipinski definition) is 0. The maximum Gasteiger partial charge on any atom is 0.207 e. The number of methoxy groups -OCH3 is 1. The Balaban J connectivity index is 2.35. The molecule has 0 spiro atoms. The Morgan fingerprint density at radius 2 is 2.31 bits per heavy atom. The summed E-state index contributed by atoms with van der Waals surface area (Å²) in [6.45, 7) is 0. The number of ether oxygens (including phenoxy) is 1. The summed E-state index contributed by atoms with van der Waals surface area (Å²) >= 11 is 8.60. The van der Waals surface area contributed by atoms with Crippen molar-refractivity contribution in [1.29, 1.82) is 0 Å². The van der Waals surface area contributed by atoms with Crippen LogP contribution in [-0.2, 0) is 0 Å². The van der Waals surface area contributed by atoms with E-state index in [4.69, 9.17) is 16.3 Å². The van der Waals surface area contributed by atoms with Crippen LogP contribution in [0.15, 0.2) is 11.4 Å². The van der Waals surface area contributed by atoms with Crippen LogP contribution in [0.4, 0.5) is 0 Å². The zero-order valence-electron chi connectivity index (χ0n) is 6.65. The van der Waals surface area contributed by atoms with Crippen LogP contribution in [0.1, 0.15) is 0 Å². The molecular weight excluding hydrogens is 228 g/mol. The van der Waals surface area contributed by atoms with Gasteiger partial charge < -0.3 is 4.74 Å². The first kappa shape index (κ1) is 8.93. The molecule has 0 aliphatic heterocycles. The molecule has 0 saturated heterocycles. The van der Waals surface area contributed by atoms with Crippen LogP contribution in [0, 0.1) is 0 Å². The highest BCUT2D eigenvalue weighted by Gasteiger charge is 2.07. The van der Waals surface area contributed by atoms with Gasteiger partial charge in [0.1, 0.15) is 5.75 Å². The van der Waals surface area contributed by atoms with Crippen molar-refractivity contribution in [3.05, 3.63) is 15.9 Å². The molecule has 0 N–H and O–H groups in total. The smallest absolute Gasteiger partial charge is 0.207 e. The summed E-state index contributed by atoms with van der Waals surface area (Å²) in [6.07, 6.45) is 0. The van der Waals surface area contributed by atoms with Crippen molar-refractivity contribution < 1.29 is 4.74 Å². The Morgan fingerprint density at radius 3 is 2.85 bits per heavy atom. The van der Waals surface area contributed by atoms with Gasteiger partial charge in [-0.05, 0) is 11.6 Å². The van der Waals surface area contributed by atoms with E-state index >= 15 is 0 Å². The predicted octanol–water partition coefficient (Wildman–Crippen LogP) is 2.93. The average molecular weight is 233 g/mol. The van der Waals surface area contributed by atoms with Crippen LogP contribution in [0.5, 0.6) is 5.75 Å². The lowest BCUT2D eigenvalue weighted by Gasteiger charge is -1.88. The van der Waals surface area contributed by atoms with Crippen molar-refractivity contribution >= 4 is 34.3 Å². The van der Waals surface area contributed by atoms with Crippen molar-refractivity contribution in [3.63, 3.8) is 0 Å². The van der Waals surface area contributed by atoms with Gasteiger partial charge in [-0.3, -0.25) is 0 Å². The summed E-state index contributed by atoms with van der Waals surface area (Å²) < 4.78 is 5.52. The highest BCUT2D eigenvalue weighted by molar-refractivity contribution is 7.22. The minimum atomic E-state index is 0.461. The SMILES string of the molecule is COc1csc(-c2nnc(Cl)s2)c1. The van der Waals surface area contributed by atoms with E-state index in [1.54, 1.807) is 18.4 Å². The van der Waals surface area contributed by atoms with E-state index in [0.717, 1.165) is 15.6 Å². The van der Waals surface area contributed by atoms with Gasteiger partial charge in [0, 0.05) is 11.4 Å². The molecule has 0 unspecified atom stereocenters. The largest absolute Gasteiger partial charge is 0.496 e. The third-order valence-corrected chi connectivity index (χ3v) is 3.52. The monoisotopic (exact) mass is 232 g/mol. The predicted molar refractivity (Wildman–Crippen MR) is 54.8 cm³/mol. The Hall–Kier alpha value is -0.650. The van der Waals surface area contributed by atoms with Gasteiger partial charge in [-0.25, -0.2) is 0 Å². The second-order valence-electron chi connectivity index (χ2n) is 2.21. The lowest BCUT2D eigenvalue weighted by molar-refractivity contribution is 0.417. The third-order valence-electron chi connectivity index (χ3n) is 1.42. The standard InChI is InChI=1S/C7H5ClN2OS2/c1-11-4-2-5(12-3-4)6-9-10-7(8)13-6/h2-3H,1H3. The van der Waals surface area contributed by atoms with Gasteiger partial charge in [0.25, 0.3) is 0 Å². The molecule has 0 aliphatic rings. The van der Waals surface area contributed by atoms with Crippen molar-refractivity contribution in [1.82, 2.24) is 10.2 Å². The van der Waals surface area contributed by atoms with Crippen LogP contribution in [0.3, 0.4) is 0 Å². The summed E-state index contributed by atoms with van der Waals surface area (Å²) in [6, 6.07) is 1.92. The lowest BCUT2D eigenvalue weighted by atomic mass is 10.5. The molecule has 2 aromatic rings. The molecule has 68 valence electrons. The van der Waals surface area contributed by atoms with Gasteiger partial charge in [-0.15, -0.1) is 21.5 Å². The first-order valence-electron chi connectivity index (χ1n) is 3.41. The molecule has 0 radical (unpaired) electrons. The van der Waals surface area contributed by atoms with Crippen LogP contribution in [-0.4, -0.2) is 17.3 Å². The van der Waals surface area contributed by atoms with Gasteiger partial charge in [0.2, 0.25) is 4.47 Å². The van der Waals surface area contributed by atoms with E-state index < -0.39 is 0 Å². The zero-order chi connectivity index (χ0) is 9.26. The molecule has 0 bridgehead atoms. The summed E-state index contributed by atoms with van der Waals surface area (Å²) in [5.41, 5.74) is 0. The summed E-state index contributed by atoms with van der Waals surface area (Å²) in [5, 5.41) is 10.4. The minimum Gasteiger partial charge on any atom is -0.496 e. The van der Waals surface area contributed by atoms with E-state index in [1.165, 1.54) is 11.3 Å². The van der Waals surface area contributed by atoms with Crippen LogP contribution in [0.25, 0.3) is 9.88 Å². The number of hydrogen-bond acceptors (Lipinski definition) is 5. The molecule has 2 rings (SSSR count). The molecule has 0 aliphatic carbocycles. The maximum absolute atomic E-state index is 5.67. The fraction of sp³-hybridized carbons (Fsp3) is 0.143. The van der Waals surface area contributed by atoms with E-state index in [9.17, 15) is 0 Å². The fourth-order valence-corrected chi connectivity index (χ4v) is 2.58. The molecule has 3 nitrogen and oxygen atoms in total. The third kappa shape index (κ3) is 1.82. The quantitative estimate of drug-likeness (QED) is 0.799. The van der Waals surface area contributed by atoms with Crippen molar-refractivity contribution in [2.45, 2.75) is 0 Å². The first-order valence-corrected chi connectivity index (χ1v) is 5.49. The van der Waals surface area contributed by atoms with E-state index in [2.05, 4.69) is 10.2 Å². The van der Waals surface area contributed by atoms with Crippen molar-refractivity contribution in [2.24, 2.45) is 0 Å². The minimum absolute atomic E-state index is 0.461. The van der Waals surface area contributed by atoms with E-state index in [1.807, 2.05) is 11.4 Å². The molecule has 2 heterocycles. The first-order chi connectivity index (χ1) is 6.29. The molecule has 6 heteroatoms. The van der Waals surface area contributed by atoms with Crippen LogP contribution >= 0.6 is 34.3 Å². The Bertz CT molecular complexity index is 412. The van der Waals surface area contributed by atoms with E-state index in [0.29, 0.717) is 4.47 Å². The number of nitrogens with zero attached hydrogens (tertiary/aromatic N) is 2. The Kier molecular flexibility index (Phi) is 2.48. The molecule has 0 fully saturated rings. The molecule has 0 amide bonds. The number of rotatable bonds is 2. The summed E-state index contributed by atoms with van der Waals surface area (Å²) in [4.78, 5) is 1.03. The Labute approximate surface area is 88.0 Å². The number of halogens is 1. The van der Waals surface area contributed by atoms with Crippen LogP contribution in [0.2, 0.25) is 4.47 Å². The molecular formula is C7H5ClN2OS2. The zero-order valence-corrected chi connectivity index (χ0v) is 9.04. The second kappa shape index (κ2) is 3.61.